The number of carbonyl (C=O) groups is 1. The third-order valence-electron chi connectivity index (χ3n) is 3.62. The van der Waals surface area contributed by atoms with Crippen molar-refractivity contribution in [2.45, 2.75) is 19.6 Å². The van der Waals surface area contributed by atoms with Crippen molar-refractivity contribution in [2.24, 2.45) is 7.05 Å². The van der Waals surface area contributed by atoms with Crippen LogP contribution in [0.1, 0.15) is 21.6 Å². The zero-order valence-corrected chi connectivity index (χ0v) is 12.7. The number of fused-ring (bicyclic) bond motifs is 1. The summed E-state index contributed by atoms with van der Waals surface area (Å²) in [5, 5.41) is 11.3. The first-order valence-corrected chi connectivity index (χ1v) is 7.16. The van der Waals surface area contributed by atoms with Gasteiger partial charge in [-0.1, -0.05) is 0 Å². The topological polar surface area (TPSA) is 83.2 Å². The van der Waals surface area contributed by atoms with Crippen LogP contribution in [0.15, 0.2) is 12.4 Å². The fourth-order valence-electron chi connectivity index (χ4n) is 2.55. The molecular formula is C14H19N5O3. The van der Waals surface area contributed by atoms with E-state index in [1.807, 2.05) is 10.9 Å². The average molecular weight is 305 g/mol. The lowest BCUT2D eigenvalue weighted by Gasteiger charge is -2.14. The van der Waals surface area contributed by atoms with Crippen molar-refractivity contribution >= 4 is 5.91 Å². The molecule has 1 aliphatic rings. The number of nitrogens with zero attached hydrogens (tertiary/aromatic N) is 4. The van der Waals surface area contributed by atoms with Crippen LogP contribution in [0, 0.1) is 0 Å². The highest BCUT2D eigenvalue weighted by Gasteiger charge is 2.17. The molecule has 8 nitrogen and oxygen atoms in total. The summed E-state index contributed by atoms with van der Waals surface area (Å²) in [6.07, 6.45) is 4.33. The van der Waals surface area contributed by atoms with Crippen LogP contribution in [0.4, 0.5) is 0 Å². The molecule has 1 amide bonds. The highest BCUT2D eigenvalue weighted by atomic mass is 16.5. The van der Waals surface area contributed by atoms with Crippen LogP contribution in [-0.2, 0) is 31.4 Å². The van der Waals surface area contributed by atoms with Crippen LogP contribution in [0.5, 0.6) is 5.88 Å². The van der Waals surface area contributed by atoms with Crippen molar-refractivity contribution in [3.63, 3.8) is 0 Å². The van der Waals surface area contributed by atoms with E-state index in [1.54, 1.807) is 17.9 Å². The van der Waals surface area contributed by atoms with Crippen LogP contribution >= 0.6 is 0 Å². The molecule has 1 aliphatic heterocycles. The smallest absolute Gasteiger partial charge is 0.258 e. The Morgan fingerprint density at radius 3 is 3.23 bits per heavy atom. The van der Waals surface area contributed by atoms with Gasteiger partial charge in [0.25, 0.3) is 5.91 Å². The summed E-state index contributed by atoms with van der Waals surface area (Å²) < 4.78 is 14.0. The summed E-state index contributed by atoms with van der Waals surface area (Å²) in [5.74, 6) is 0.128. The summed E-state index contributed by atoms with van der Waals surface area (Å²) in [7, 11) is 3.24. The first kappa shape index (κ1) is 14.6. The lowest BCUT2D eigenvalue weighted by molar-refractivity contribution is 0.0947. The van der Waals surface area contributed by atoms with Gasteiger partial charge in [0.1, 0.15) is 5.56 Å². The lowest BCUT2D eigenvalue weighted by Crippen LogP contribution is -2.28. The molecule has 0 unspecified atom stereocenters. The molecule has 2 aromatic rings. The molecule has 0 fully saturated rings. The summed E-state index contributed by atoms with van der Waals surface area (Å²) >= 11 is 0. The summed E-state index contributed by atoms with van der Waals surface area (Å²) in [5.41, 5.74) is 2.76. The SMILES string of the molecule is COc1nn(C)cc1C(=O)NCCn1ncc2c1CCOC2. The van der Waals surface area contributed by atoms with Gasteiger partial charge < -0.3 is 14.8 Å². The van der Waals surface area contributed by atoms with Crippen molar-refractivity contribution in [3.8, 4) is 5.88 Å². The Labute approximate surface area is 128 Å². The molecule has 0 aromatic carbocycles. The number of nitrogens with one attached hydrogen (secondary N) is 1. The highest BCUT2D eigenvalue weighted by Crippen LogP contribution is 2.16. The second-order valence-corrected chi connectivity index (χ2v) is 5.12. The van der Waals surface area contributed by atoms with E-state index in [2.05, 4.69) is 15.5 Å². The minimum Gasteiger partial charge on any atom is -0.479 e. The number of aromatic nitrogens is 4. The van der Waals surface area contributed by atoms with Crippen molar-refractivity contribution in [3.05, 3.63) is 29.2 Å². The molecule has 0 saturated carbocycles. The van der Waals surface area contributed by atoms with Gasteiger partial charge in [-0.3, -0.25) is 14.2 Å². The molecule has 2 aromatic heterocycles. The largest absolute Gasteiger partial charge is 0.479 e. The average Bonchev–Trinajstić information content (AvgIpc) is 3.11. The van der Waals surface area contributed by atoms with Crippen molar-refractivity contribution < 1.29 is 14.3 Å². The summed E-state index contributed by atoms with van der Waals surface area (Å²) in [6.45, 7) is 2.46. The van der Waals surface area contributed by atoms with Gasteiger partial charge in [0.15, 0.2) is 0 Å². The molecule has 0 bridgehead atoms. The van der Waals surface area contributed by atoms with Crippen molar-refractivity contribution in [1.29, 1.82) is 0 Å². The van der Waals surface area contributed by atoms with E-state index in [0.29, 0.717) is 31.1 Å². The third-order valence-corrected chi connectivity index (χ3v) is 3.62. The molecule has 1 N–H and O–H groups in total. The molecule has 0 atom stereocenters. The lowest BCUT2D eigenvalue weighted by atomic mass is 10.2. The maximum atomic E-state index is 12.2. The fraction of sp³-hybridized carbons (Fsp3) is 0.500. The van der Waals surface area contributed by atoms with Crippen LogP contribution < -0.4 is 10.1 Å². The van der Waals surface area contributed by atoms with Crippen LogP contribution in [0.2, 0.25) is 0 Å². The normalized spacial score (nSPS) is 13.7. The molecule has 118 valence electrons. The zero-order chi connectivity index (χ0) is 15.5. The van der Waals surface area contributed by atoms with E-state index in [-0.39, 0.29) is 5.91 Å². The number of rotatable bonds is 5. The molecule has 0 saturated heterocycles. The molecular weight excluding hydrogens is 286 g/mol. The molecule has 22 heavy (non-hydrogen) atoms. The molecule has 3 rings (SSSR count). The second-order valence-electron chi connectivity index (χ2n) is 5.12. The van der Waals surface area contributed by atoms with E-state index in [9.17, 15) is 4.79 Å². The third kappa shape index (κ3) is 2.82. The quantitative estimate of drug-likeness (QED) is 0.849. The fourth-order valence-corrected chi connectivity index (χ4v) is 2.55. The van der Waals surface area contributed by atoms with Gasteiger partial charge >= 0.3 is 0 Å². The Hall–Kier alpha value is -2.35. The number of ether oxygens (including phenoxy) is 2. The van der Waals surface area contributed by atoms with Crippen molar-refractivity contribution in [1.82, 2.24) is 24.9 Å². The van der Waals surface area contributed by atoms with Crippen molar-refractivity contribution in [2.75, 3.05) is 20.3 Å². The Morgan fingerprint density at radius 2 is 2.41 bits per heavy atom. The van der Waals surface area contributed by atoms with Gasteiger partial charge in [0.2, 0.25) is 5.88 Å². The Morgan fingerprint density at radius 1 is 1.55 bits per heavy atom. The van der Waals surface area contributed by atoms with Gasteiger partial charge in [0.05, 0.1) is 33.1 Å². The molecule has 8 heteroatoms. The molecule has 0 radical (unpaired) electrons. The number of aryl methyl sites for hydroxylation is 1. The van der Waals surface area contributed by atoms with E-state index < -0.39 is 0 Å². The monoisotopic (exact) mass is 305 g/mol. The van der Waals surface area contributed by atoms with Gasteiger partial charge in [-0.15, -0.1) is 5.10 Å². The van der Waals surface area contributed by atoms with Gasteiger partial charge in [-0.25, -0.2) is 0 Å². The van der Waals surface area contributed by atoms with E-state index in [1.165, 1.54) is 12.8 Å². The molecule has 0 aliphatic carbocycles. The van der Waals surface area contributed by atoms with Crippen LogP contribution in [-0.4, -0.2) is 45.7 Å². The number of hydrogen-bond donors (Lipinski definition) is 1. The molecule has 0 spiro atoms. The van der Waals surface area contributed by atoms with Gasteiger partial charge in [0, 0.05) is 37.5 Å². The Kier molecular flexibility index (Phi) is 4.10. The standard InChI is InChI=1S/C14H19N5O3/c1-18-8-11(14(17-18)21-2)13(20)15-4-5-19-12-3-6-22-9-10(12)7-16-19/h7-8H,3-6,9H2,1-2H3,(H,15,20). The van der Waals surface area contributed by atoms with Crippen LogP contribution in [0.3, 0.4) is 0 Å². The predicted molar refractivity (Wildman–Crippen MR) is 77.7 cm³/mol. The maximum Gasteiger partial charge on any atom is 0.258 e. The van der Waals surface area contributed by atoms with Gasteiger partial charge in [-0.2, -0.15) is 5.10 Å². The van der Waals surface area contributed by atoms with Gasteiger partial charge in [-0.05, 0) is 0 Å². The molecule has 3 heterocycles. The number of amides is 1. The minimum atomic E-state index is -0.200. The first-order valence-electron chi connectivity index (χ1n) is 7.16. The maximum absolute atomic E-state index is 12.2. The summed E-state index contributed by atoms with van der Waals surface area (Å²) in [6, 6.07) is 0. The Balaban J connectivity index is 1.59. The van der Waals surface area contributed by atoms with E-state index >= 15 is 0 Å². The predicted octanol–water partition coefficient (Wildman–Crippen LogP) is 0.128. The second kappa shape index (κ2) is 6.18. The zero-order valence-electron chi connectivity index (χ0n) is 12.7. The highest BCUT2D eigenvalue weighted by molar-refractivity contribution is 5.96. The van der Waals surface area contributed by atoms with Crippen LogP contribution in [0.25, 0.3) is 0 Å². The number of hydrogen-bond acceptors (Lipinski definition) is 5. The number of methoxy groups -OCH3 is 1. The summed E-state index contributed by atoms with van der Waals surface area (Å²) in [4.78, 5) is 12.2. The van der Waals surface area contributed by atoms with E-state index in [4.69, 9.17) is 9.47 Å². The number of carbonyl (C=O) groups excluding carboxylic acids is 1. The minimum absolute atomic E-state index is 0.200. The first-order chi connectivity index (χ1) is 10.7. The van der Waals surface area contributed by atoms with E-state index in [0.717, 1.165) is 18.6 Å². The Bertz CT molecular complexity index is 676.